The van der Waals surface area contributed by atoms with E-state index in [9.17, 15) is 13.0 Å². The fourth-order valence-electron chi connectivity index (χ4n) is 1.75. The molecule has 0 aromatic carbocycles. The van der Waals surface area contributed by atoms with Crippen molar-refractivity contribution >= 4 is 10.4 Å². The molecular formula is C15H31NaO4S. The maximum atomic E-state index is 10.1. The summed E-state index contributed by atoms with van der Waals surface area (Å²) in [4.78, 5) is 0. The van der Waals surface area contributed by atoms with Crippen molar-refractivity contribution < 1.29 is 46.7 Å². The number of rotatable bonds is 12. The van der Waals surface area contributed by atoms with Gasteiger partial charge >= 0.3 is 29.6 Å². The molecule has 122 valence electrons. The molecule has 0 aliphatic rings. The van der Waals surface area contributed by atoms with Crippen LogP contribution in [0.4, 0.5) is 0 Å². The van der Waals surface area contributed by atoms with E-state index in [0.29, 0.717) is 6.42 Å². The van der Waals surface area contributed by atoms with Gasteiger partial charge in [0.05, 0.1) is 6.61 Å². The van der Waals surface area contributed by atoms with Crippen LogP contribution in [0, 0.1) is 0 Å². The predicted octanol–water partition coefficient (Wildman–Crippen LogP) is 1.58. The number of hydrogen-bond donors (Lipinski definition) is 0. The van der Waals surface area contributed by atoms with Crippen molar-refractivity contribution in [2.45, 2.75) is 78.1 Å². The molecule has 0 saturated heterocycles. The molecule has 0 saturated carbocycles. The average Bonchev–Trinajstić information content (AvgIpc) is 2.35. The van der Waals surface area contributed by atoms with E-state index in [1.807, 2.05) is 6.92 Å². The van der Waals surface area contributed by atoms with Crippen LogP contribution in [-0.2, 0) is 14.6 Å². The van der Waals surface area contributed by atoms with Crippen LogP contribution in [0.1, 0.15) is 78.1 Å². The van der Waals surface area contributed by atoms with Crippen LogP contribution in [0.5, 0.6) is 0 Å². The molecule has 6 heteroatoms. The molecule has 0 N–H and O–H groups in total. The first kappa shape index (κ1) is 26.5. The third-order valence-corrected chi connectivity index (χ3v) is 3.18. The maximum absolute atomic E-state index is 10.1. The molecule has 0 heterocycles. The molecule has 21 heavy (non-hydrogen) atoms. The van der Waals surface area contributed by atoms with Crippen LogP contribution >= 0.6 is 0 Å². The van der Waals surface area contributed by atoms with Crippen molar-refractivity contribution in [1.82, 2.24) is 0 Å². The van der Waals surface area contributed by atoms with Gasteiger partial charge in [-0.25, -0.2) is 8.42 Å². The van der Waals surface area contributed by atoms with E-state index >= 15 is 0 Å². The van der Waals surface area contributed by atoms with E-state index in [0.717, 1.165) is 12.8 Å². The maximum Gasteiger partial charge on any atom is 1.00 e. The molecule has 0 bridgehead atoms. The van der Waals surface area contributed by atoms with Crippen molar-refractivity contribution in [2.24, 2.45) is 0 Å². The minimum Gasteiger partial charge on any atom is -0.726 e. The summed E-state index contributed by atoms with van der Waals surface area (Å²) in [7, 11) is -4.48. The molecule has 0 unspecified atom stereocenters. The zero-order valence-electron chi connectivity index (χ0n) is 14.1. The van der Waals surface area contributed by atoms with E-state index in [-0.39, 0.29) is 36.2 Å². The molecule has 0 aliphatic carbocycles. The average molecular weight is 330 g/mol. The summed E-state index contributed by atoms with van der Waals surface area (Å²) in [5.41, 5.74) is 0. The first-order valence-corrected chi connectivity index (χ1v) is 8.98. The second-order valence-electron chi connectivity index (χ2n) is 4.82. The fraction of sp³-hybridized carbons (Fsp3) is 0.867. The largest absolute Gasteiger partial charge is 1.00 e. The van der Waals surface area contributed by atoms with E-state index in [4.69, 9.17) is 0 Å². The van der Waals surface area contributed by atoms with Crippen molar-refractivity contribution in [2.75, 3.05) is 6.61 Å². The van der Waals surface area contributed by atoms with Crippen molar-refractivity contribution in [3.63, 3.8) is 0 Å². The Bertz CT molecular complexity index is 292. The molecule has 0 aromatic heterocycles. The second-order valence-corrected chi connectivity index (χ2v) is 5.87. The molecule has 0 aromatic rings. The zero-order chi connectivity index (χ0) is 15.7. The van der Waals surface area contributed by atoms with Gasteiger partial charge in [-0.2, -0.15) is 0 Å². The second kappa shape index (κ2) is 20.6. The molecule has 0 amide bonds. The number of unbranched alkanes of at least 4 members (excludes halogenated alkanes) is 9. The molecule has 0 fully saturated rings. The Balaban J connectivity index is -0.000000740. The van der Waals surface area contributed by atoms with Crippen molar-refractivity contribution in [3.8, 4) is 0 Å². The van der Waals surface area contributed by atoms with Crippen molar-refractivity contribution in [1.29, 1.82) is 0 Å². The number of hydrogen-bond acceptors (Lipinski definition) is 4. The third kappa shape index (κ3) is 33.4. The SMILES string of the molecule is C=CC.CCCCCCCCCCCCOS(=O)(=O)[O-].[Na+]. The van der Waals surface area contributed by atoms with Crippen LogP contribution in [0.15, 0.2) is 12.7 Å². The van der Waals surface area contributed by atoms with Crippen LogP contribution in [0.2, 0.25) is 0 Å². The molecule has 0 radical (unpaired) electrons. The molecule has 4 nitrogen and oxygen atoms in total. The van der Waals surface area contributed by atoms with Gasteiger partial charge < -0.3 is 4.55 Å². The van der Waals surface area contributed by atoms with Crippen molar-refractivity contribution in [3.05, 3.63) is 12.7 Å². The first-order chi connectivity index (χ1) is 9.47. The van der Waals surface area contributed by atoms with Crippen LogP contribution in [0.25, 0.3) is 0 Å². The van der Waals surface area contributed by atoms with Gasteiger partial charge in [0.2, 0.25) is 10.4 Å². The Labute approximate surface area is 154 Å². The third-order valence-electron chi connectivity index (χ3n) is 2.73. The Kier molecular flexibility index (Phi) is 26.0. The van der Waals surface area contributed by atoms with E-state index < -0.39 is 10.4 Å². The smallest absolute Gasteiger partial charge is 0.726 e. The fourth-order valence-corrected chi connectivity index (χ4v) is 2.07. The topological polar surface area (TPSA) is 66.4 Å². The van der Waals surface area contributed by atoms with Gasteiger partial charge in [0.1, 0.15) is 0 Å². The zero-order valence-corrected chi connectivity index (χ0v) is 16.9. The summed E-state index contributed by atoms with van der Waals surface area (Å²) in [6.07, 6.45) is 13.4. The van der Waals surface area contributed by atoms with Gasteiger partial charge in [0.25, 0.3) is 0 Å². The Hall–Kier alpha value is 0.610. The monoisotopic (exact) mass is 330 g/mol. The standard InChI is InChI=1S/C12H26O4S.C3H6.Na/c1-2-3-4-5-6-7-8-9-10-11-12-16-17(13,14)15;1-3-2;/h2-12H2,1H3,(H,13,14,15);3H,1H2,2H3;/q;;+1/p-1. The quantitative estimate of drug-likeness (QED) is 0.179. The summed E-state index contributed by atoms with van der Waals surface area (Å²) in [5.74, 6) is 0. The molecule has 0 atom stereocenters. The minimum atomic E-state index is -4.48. The predicted molar refractivity (Wildman–Crippen MR) is 83.4 cm³/mol. The van der Waals surface area contributed by atoms with Gasteiger partial charge in [-0.1, -0.05) is 70.8 Å². The van der Waals surface area contributed by atoms with Gasteiger partial charge in [-0.05, 0) is 13.3 Å². The Morgan fingerprint density at radius 3 is 1.62 bits per heavy atom. The molecular weight excluding hydrogens is 299 g/mol. The summed E-state index contributed by atoms with van der Waals surface area (Å²) >= 11 is 0. The summed E-state index contributed by atoms with van der Waals surface area (Å²) in [6.45, 7) is 7.49. The van der Waals surface area contributed by atoms with Gasteiger partial charge in [0, 0.05) is 0 Å². The summed E-state index contributed by atoms with van der Waals surface area (Å²) < 4.78 is 34.5. The van der Waals surface area contributed by atoms with Gasteiger partial charge in [-0.3, -0.25) is 4.18 Å². The Morgan fingerprint density at radius 2 is 1.29 bits per heavy atom. The Morgan fingerprint density at radius 1 is 0.952 bits per heavy atom. The van der Waals surface area contributed by atoms with Crippen LogP contribution in [-0.4, -0.2) is 19.6 Å². The summed E-state index contributed by atoms with van der Waals surface area (Å²) in [5, 5.41) is 0. The number of allylic oxidation sites excluding steroid dienone is 1. The van der Waals surface area contributed by atoms with E-state index in [1.165, 1.54) is 44.9 Å². The molecule has 0 aliphatic heterocycles. The van der Waals surface area contributed by atoms with E-state index in [1.54, 1.807) is 6.08 Å². The normalized spacial score (nSPS) is 10.2. The molecule has 0 spiro atoms. The molecule has 0 rings (SSSR count). The van der Waals surface area contributed by atoms with E-state index in [2.05, 4.69) is 17.7 Å². The minimum absolute atomic E-state index is 0. The van der Waals surface area contributed by atoms with Gasteiger partial charge in [-0.15, -0.1) is 6.58 Å². The summed E-state index contributed by atoms with van der Waals surface area (Å²) in [6, 6.07) is 0. The first-order valence-electron chi connectivity index (χ1n) is 7.65. The van der Waals surface area contributed by atoms with Crippen LogP contribution < -0.4 is 29.6 Å². The van der Waals surface area contributed by atoms with Gasteiger partial charge in [0.15, 0.2) is 0 Å². The van der Waals surface area contributed by atoms with Crippen LogP contribution in [0.3, 0.4) is 0 Å².